The molecule has 0 fully saturated rings. The fourth-order valence-electron chi connectivity index (χ4n) is 1.30. The van der Waals surface area contributed by atoms with E-state index in [2.05, 4.69) is 0 Å². The van der Waals surface area contributed by atoms with Crippen molar-refractivity contribution in [2.24, 2.45) is 5.73 Å². The molecular formula is C12H18N2O2. The summed E-state index contributed by atoms with van der Waals surface area (Å²) in [5.41, 5.74) is 6.73. The number of aromatic hydroxyl groups is 1. The molecule has 0 aromatic heterocycles. The minimum Gasteiger partial charge on any atom is -0.508 e. The van der Waals surface area contributed by atoms with Crippen LogP contribution in [0.5, 0.6) is 5.75 Å². The Labute approximate surface area is 95.7 Å². The first-order chi connectivity index (χ1) is 7.47. The molecule has 1 aromatic carbocycles. The number of nitrogens with two attached hydrogens (primary N) is 1. The molecule has 1 atom stereocenters. The van der Waals surface area contributed by atoms with Crippen LogP contribution in [0, 0.1) is 6.92 Å². The molecular weight excluding hydrogens is 204 g/mol. The van der Waals surface area contributed by atoms with Crippen molar-refractivity contribution < 1.29 is 9.90 Å². The molecule has 0 heterocycles. The molecule has 1 rings (SSSR count). The Morgan fingerprint density at radius 2 is 2.19 bits per heavy atom. The molecule has 0 saturated heterocycles. The van der Waals surface area contributed by atoms with Crippen molar-refractivity contribution in [3.63, 3.8) is 0 Å². The zero-order valence-electron chi connectivity index (χ0n) is 9.90. The molecule has 1 unspecified atom stereocenters. The van der Waals surface area contributed by atoms with Crippen molar-refractivity contribution >= 4 is 5.91 Å². The molecule has 1 aromatic rings. The molecule has 3 N–H and O–H groups in total. The van der Waals surface area contributed by atoms with E-state index in [1.165, 1.54) is 6.07 Å². The number of nitrogens with zero attached hydrogens (tertiary/aromatic N) is 1. The number of rotatable bonds is 3. The highest BCUT2D eigenvalue weighted by molar-refractivity contribution is 5.94. The Bertz CT molecular complexity index is 391. The molecule has 0 saturated carbocycles. The van der Waals surface area contributed by atoms with Gasteiger partial charge in [0.05, 0.1) is 0 Å². The van der Waals surface area contributed by atoms with Gasteiger partial charge in [-0.25, -0.2) is 0 Å². The van der Waals surface area contributed by atoms with Crippen LogP contribution in [0.4, 0.5) is 0 Å². The third kappa shape index (κ3) is 2.52. The van der Waals surface area contributed by atoms with Crippen LogP contribution in [0.2, 0.25) is 0 Å². The van der Waals surface area contributed by atoms with Gasteiger partial charge < -0.3 is 15.7 Å². The predicted octanol–water partition coefficient (Wildman–Crippen LogP) is 1.12. The smallest absolute Gasteiger partial charge is 0.254 e. The van der Waals surface area contributed by atoms with E-state index in [0.29, 0.717) is 12.1 Å². The van der Waals surface area contributed by atoms with Crippen LogP contribution in [-0.4, -0.2) is 35.5 Å². The quantitative estimate of drug-likeness (QED) is 0.805. The average molecular weight is 222 g/mol. The molecule has 0 spiro atoms. The first-order valence-corrected chi connectivity index (χ1v) is 5.24. The van der Waals surface area contributed by atoms with E-state index < -0.39 is 0 Å². The summed E-state index contributed by atoms with van der Waals surface area (Å²) in [4.78, 5) is 13.5. The normalized spacial score (nSPS) is 12.2. The van der Waals surface area contributed by atoms with E-state index in [0.717, 1.165) is 5.56 Å². The van der Waals surface area contributed by atoms with E-state index in [9.17, 15) is 9.90 Å². The molecule has 1 amide bonds. The van der Waals surface area contributed by atoms with E-state index in [4.69, 9.17) is 5.73 Å². The highest BCUT2D eigenvalue weighted by Gasteiger charge is 2.16. The summed E-state index contributed by atoms with van der Waals surface area (Å²) in [5.74, 6) is 0.00732. The summed E-state index contributed by atoms with van der Waals surface area (Å²) in [6.45, 7) is 4.09. The van der Waals surface area contributed by atoms with Crippen molar-refractivity contribution in [1.82, 2.24) is 4.90 Å². The van der Waals surface area contributed by atoms with Crippen molar-refractivity contribution in [3.05, 3.63) is 29.3 Å². The lowest BCUT2D eigenvalue weighted by molar-refractivity contribution is 0.0748. The second-order valence-corrected chi connectivity index (χ2v) is 4.00. The number of phenols is 1. The number of phenolic OH excluding ortho intramolecular Hbond substituents is 1. The zero-order chi connectivity index (χ0) is 12.3. The molecule has 0 radical (unpaired) electrons. The van der Waals surface area contributed by atoms with Crippen LogP contribution in [-0.2, 0) is 0 Å². The van der Waals surface area contributed by atoms with Crippen molar-refractivity contribution in [2.45, 2.75) is 19.9 Å². The Morgan fingerprint density at radius 3 is 2.69 bits per heavy atom. The highest BCUT2D eigenvalue weighted by Crippen LogP contribution is 2.18. The van der Waals surface area contributed by atoms with Gasteiger partial charge in [0.2, 0.25) is 0 Å². The van der Waals surface area contributed by atoms with Gasteiger partial charge in [0.25, 0.3) is 5.91 Å². The van der Waals surface area contributed by atoms with Crippen molar-refractivity contribution in [1.29, 1.82) is 0 Å². The van der Waals surface area contributed by atoms with Crippen molar-refractivity contribution in [2.75, 3.05) is 13.6 Å². The van der Waals surface area contributed by atoms with Gasteiger partial charge in [-0.15, -0.1) is 0 Å². The topological polar surface area (TPSA) is 66.6 Å². The zero-order valence-corrected chi connectivity index (χ0v) is 9.90. The predicted molar refractivity (Wildman–Crippen MR) is 63.5 cm³/mol. The largest absolute Gasteiger partial charge is 0.508 e. The van der Waals surface area contributed by atoms with Crippen LogP contribution in [0.25, 0.3) is 0 Å². The Morgan fingerprint density at radius 1 is 1.56 bits per heavy atom. The van der Waals surface area contributed by atoms with Gasteiger partial charge in [-0.2, -0.15) is 0 Å². The maximum atomic E-state index is 12.0. The van der Waals surface area contributed by atoms with Crippen LogP contribution in [0.15, 0.2) is 18.2 Å². The minimum absolute atomic E-state index is 0.0176. The van der Waals surface area contributed by atoms with Gasteiger partial charge >= 0.3 is 0 Å². The maximum absolute atomic E-state index is 12.0. The SMILES string of the molecule is Cc1ccc(C(=O)N(C)C(C)CN)cc1O. The Hall–Kier alpha value is -1.55. The third-order valence-electron chi connectivity index (χ3n) is 2.78. The number of amides is 1. The van der Waals surface area contributed by atoms with Crippen LogP contribution < -0.4 is 5.73 Å². The summed E-state index contributed by atoms with van der Waals surface area (Å²) >= 11 is 0. The summed E-state index contributed by atoms with van der Waals surface area (Å²) in [5, 5.41) is 9.53. The monoisotopic (exact) mass is 222 g/mol. The highest BCUT2D eigenvalue weighted by atomic mass is 16.3. The maximum Gasteiger partial charge on any atom is 0.254 e. The van der Waals surface area contributed by atoms with E-state index >= 15 is 0 Å². The number of carbonyl (C=O) groups is 1. The van der Waals surface area contributed by atoms with Crippen molar-refractivity contribution in [3.8, 4) is 5.75 Å². The fraction of sp³-hybridized carbons (Fsp3) is 0.417. The number of hydrogen-bond donors (Lipinski definition) is 2. The molecule has 0 aliphatic rings. The Balaban J connectivity index is 2.92. The lowest BCUT2D eigenvalue weighted by Crippen LogP contribution is -2.39. The van der Waals surface area contributed by atoms with E-state index in [1.807, 2.05) is 6.92 Å². The number of aryl methyl sites for hydroxylation is 1. The minimum atomic E-state index is -0.131. The van der Waals surface area contributed by atoms with Gasteiger partial charge in [-0.1, -0.05) is 6.07 Å². The van der Waals surface area contributed by atoms with Crippen LogP contribution >= 0.6 is 0 Å². The molecule has 0 bridgehead atoms. The molecule has 0 aliphatic carbocycles. The van der Waals surface area contributed by atoms with E-state index in [1.54, 1.807) is 31.0 Å². The molecule has 0 aliphatic heterocycles. The van der Waals surface area contributed by atoms with Gasteiger partial charge in [0, 0.05) is 25.2 Å². The summed E-state index contributed by atoms with van der Waals surface area (Å²) in [6, 6.07) is 4.90. The molecule has 88 valence electrons. The fourth-order valence-corrected chi connectivity index (χ4v) is 1.30. The average Bonchev–Trinajstić information content (AvgIpc) is 2.29. The molecule has 16 heavy (non-hydrogen) atoms. The van der Waals surface area contributed by atoms with Gasteiger partial charge in [0.1, 0.15) is 5.75 Å². The molecule has 4 nitrogen and oxygen atoms in total. The number of hydrogen-bond acceptors (Lipinski definition) is 3. The summed E-state index contributed by atoms with van der Waals surface area (Å²) in [6.07, 6.45) is 0. The third-order valence-corrected chi connectivity index (χ3v) is 2.78. The van der Waals surface area contributed by atoms with Gasteiger partial charge in [0.15, 0.2) is 0 Å². The summed E-state index contributed by atoms with van der Waals surface area (Å²) < 4.78 is 0. The summed E-state index contributed by atoms with van der Waals surface area (Å²) in [7, 11) is 1.71. The first-order valence-electron chi connectivity index (χ1n) is 5.24. The number of carbonyl (C=O) groups excluding carboxylic acids is 1. The Kier molecular flexibility index (Phi) is 3.90. The standard InChI is InChI=1S/C12H18N2O2/c1-8-4-5-10(6-11(8)15)12(16)14(3)9(2)7-13/h4-6,9,15H,7,13H2,1-3H3. The molecule has 4 heteroatoms. The lowest BCUT2D eigenvalue weighted by atomic mass is 10.1. The number of benzene rings is 1. The van der Waals surface area contributed by atoms with Crippen LogP contribution in [0.3, 0.4) is 0 Å². The number of likely N-dealkylation sites (N-methyl/N-ethyl adjacent to an activating group) is 1. The second kappa shape index (κ2) is 4.99. The lowest BCUT2D eigenvalue weighted by Gasteiger charge is -2.23. The van der Waals surface area contributed by atoms with Gasteiger partial charge in [-0.05, 0) is 31.5 Å². The first kappa shape index (κ1) is 12.5. The van der Waals surface area contributed by atoms with Gasteiger partial charge in [-0.3, -0.25) is 4.79 Å². The van der Waals surface area contributed by atoms with E-state index in [-0.39, 0.29) is 17.7 Å². The van der Waals surface area contributed by atoms with Crippen LogP contribution in [0.1, 0.15) is 22.8 Å². The second-order valence-electron chi connectivity index (χ2n) is 4.00.